The van der Waals surface area contributed by atoms with Crippen molar-refractivity contribution in [1.29, 1.82) is 0 Å². The van der Waals surface area contributed by atoms with E-state index < -0.39 is 29.5 Å². The van der Waals surface area contributed by atoms with Gasteiger partial charge in [-0.1, -0.05) is 34.1 Å². The van der Waals surface area contributed by atoms with Gasteiger partial charge in [-0.25, -0.2) is 4.39 Å². The number of imide groups is 1. The molecule has 1 fully saturated rings. The van der Waals surface area contributed by atoms with Gasteiger partial charge in [-0.2, -0.15) is 0 Å². The minimum atomic E-state index is -1.28. The second-order valence-corrected chi connectivity index (χ2v) is 7.63. The Kier molecular flexibility index (Phi) is 6.15. The fourth-order valence-electron chi connectivity index (χ4n) is 2.45. The molecule has 28 heavy (non-hydrogen) atoms. The van der Waals surface area contributed by atoms with Crippen LogP contribution < -0.4 is 4.74 Å². The molecule has 0 saturated carbocycles. The van der Waals surface area contributed by atoms with E-state index in [9.17, 15) is 18.8 Å². The van der Waals surface area contributed by atoms with Crippen molar-refractivity contribution in [3.8, 4) is 5.75 Å². The maximum Gasteiger partial charge on any atom is 0.323 e. The van der Waals surface area contributed by atoms with Crippen LogP contribution in [0.15, 0.2) is 51.8 Å². The molecule has 2 aromatic rings. The number of ether oxygens (including phenoxy) is 1. The Bertz CT molecular complexity index is 994. The lowest BCUT2D eigenvalue weighted by molar-refractivity contribution is -0.140. The Labute approximate surface area is 172 Å². The lowest BCUT2D eigenvalue weighted by atomic mass is 10.1. The molecule has 0 unspecified atom stereocenters. The summed E-state index contributed by atoms with van der Waals surface area (Å²) < 4.78 is 20.2. The topological polar surface area (TPSA) is 83.9 Å². The summed E-state index contributed by atoms with van der Waals surface area (Å²) in [5.41, 5.74) is 0.865. The highest BCUT2D eigenvalue weighted by Gasteiger charge is 2.36. The first kappa shape index (κ1) is 20.1. The van der Waals surface area contributed by atoms with Gasteiger partial charge in [-0.15, -0.1) is 0 Å². The second-order valence-electron chi connectivity index (χ2n) is 5.72. The third kappa shape index (κ3) is 4.60. The molecule has 1 heterocycles. The highest BCUT2D eigenvalue weighted by atomic mass is 79.9. The second kappa shape index (κ2) is 8.57. The van der Waals surface area contributed by atoms with Crippen molar-refractivity contribution >= 4 is 50.9 Å². The monoisotopic (exact) mass is 465 g/mol. The average molecular weight is 466 g/mol. The van der Waals surface area contributed by atoms with E-state index >= 15 is 0 Å². The van der Waals surface area contributed by atoms with Crippen molar-refractivity contribution < 1.29 is 28.6 Å². The standard InChI is InChI=1S/C19H13BrFNO5S/c20-13-5-6-15(27-10-11-3-1-2-4-14(11)21)12(7-13)8-16-18(25)22(9-17(23)24)19(26)28-16/h1-8H,9-10H2,(H,23,24)/b16-8+. The zero-order valence-electron chi connectivity index (χ0n) is 14.2. The summed E-state index contributed by atoms with van der Waals surface area (Å²) in [4.78, 5) is 35.8. The van der Waals surface area contributed by atoms with Crippen LogP contribution in [0.1, 0.15) is 11.1 Å². The highest BCUT2D eigenvalue weighted by molar-refractivity contribution is 9.10. The molecule has 3 rings (SSSR count). The number of nitrogens with zero attached hydrogens (tertiary/aromatic N) is 1. The number of thioether (sulfide) groups is 1. The van der Waals surface area contributed by atoms with E-state index in [0.717, 1.165) is 0 Å². The molecule has 9 heteroatoms. The molecule has 0 aliphatic carbocycles. The summed E-state index contributed by atoms with van der Waals surface area (Å²) in [5.74, 6) is -1.97. The molecule has 0 bridgehead atoms. The van der Waals surface area contributed by atoms with Crippen LogP contribution in [0.25, 0.3) is 6.08 Å². The van der Waals surface area contributed by atoms with Crippen LogP contribution >= 0.6 is 27.7 Å². The number of hydrogen-bond acceptors (Lipinski definition) is 5. The molecule has 1 aliphatic heterocycles. The quantitative estimate of drug-likeness (QED) is 0.640. The Morgan fingerprint density at radius 1 is 1.25 bits per heavy atom. The Balaban J connectivity index is 1.86. The van der Waals surface area contributed by atoms with Gasteiger partial charge in [0.05, 0.1) is 4.91 Å². The van der Waals surface area contributed by atoms with Crippen molar-refractivity contribution in [3.63, 3.8) is 0 Å². The molecule has 0 radical (unpaired) electrons. The number of hydrogen-bond donors (Lipinski definition) is 1. The molecule has 6 nitrogen and oxygen atoms in total. The third-order valence-corrected chi connectivity index (χ3v) is 5.17. The maximum atomic E-state index is 13.8. The SMILES string of the molecule is O=C(O)CN1C(=O)S/C(=C/c2cc(Br)ccc2OCc2ccccc2F)C1=O. The third-order valence-electron chi connectivity index (χ3n) is 3.77. The Morgan fingerprint density at radius 2 is 2.00 bits per heavy atom. The summed E-state index contributed by atoms with van der Waals surface area (Å²) >= 11 is 3.99. The Morgan fingerprint density at radius 3 is 2.71 bits per heavy atom. The first-order chi connectivity index (χ1) is 13.3. The molecule has 2 aromatic carbocycles. The minimum Gasteiger partial charge on any atom is -0.488 e. The van der Waals surface area contributed by atoms with Crippen molar-refractivity contribution in [2.45, 2.75) is 6.61 Å². The van der Waals surface area contributed by atoms with Crippen molar-refractivity contribution in [3.05, 3.63) is 68.8 Å². The molecule has 1 N–H and O–H groups in total. The number of carboxylic acids is 1. The first-order valence-electron chi connectivity index (χ1n) is 7.98. The van der Waals surface area contributed by atoms with Gasteiger partial charge in [-0.3, -0.25) is 19.3 Å². The zero-order chi connectivity index (χ0) is 20.3. The van der Waals surface area contributed by atoms with Gasteiger partial charge >= 0.3 is 5.97 Å². The molecular weight excluding hydrogens is 453 g/mol. The summed E-state index contributed by atoms with van der Waals surface area (Å²) in [6.07, 6.45) is 1.45. The molecule has 1 aliphatic rings. The number of carbonyl (C=O) groups is 3. The molecule has 0 aromatic heterocycles. The number of benzene rings is 2. The first-order valence-corrected chi connectivity index (χ1v) is 9.59. The van der Waals surface area contributed by atoms with Crippen molar-refractivity contribution in [1.82, 2.24) is 4.90 Å². The van der Waals surface area contributed by atoms with E-state index in [-0.39, 0.29) is 11.5 Å². The molecule has 0 spiro atoms. The number of halogens is 2. The van der Waals surface area contributed by atoms with Crippen LogP contribution in [0, 0.1) is 5.82 Å². The zero-order valence-corrected chi connectivity index (χ0v) is 16.6. The molecular formula is C19H13BrFNO5S. The van der Waals surface area contributed by atoms with Gasteiger partial charge in [-0.05, 0) is 42.1 Å². The van der Waals surface area contributed by atoms with Gasteiger partial charge < -0.3 is 9.84 Å². The van der Waals surface area contributed by atoms with E-state index in [2.05, 4.69) is 15.9 Å². The Hall–Kier alpha value is -2.65. The lowest BCUT2D eigenvalue weighted by Gasteiger charge is -2.11. The van der Waals surface area contributed by atoms with E-state index in [1.54, 1.807) is 36.4 Å². The summed E-state index contributed by atoms with van der Waals surface area (Å²) in [6, 6.07) is 11.3. The van der Waals surface area contributed by atoms with E-state index in [0.29, 0.717) is 38.0 Å². The summed E-state index contributed by atoms with van der Waals surface area (Å²) in [5, 5.41) is 8.18. The number of rotatable bonds is 6. The predicted molar refractivity (Wildman–Crippen MR) is 105 cm³/mol. The van der Waals surface area contributed by atoms with Crippen LogP contribution in [0.3, 0.4) is 0 Å². The van der Waals surface area contributed by atoms with Crippen LogP contribution in [0.2, 0.25) is 0 Å². The van der Waals surface area contributed by atoms with E-state index in [4.69, 9.17) is 9.84 Å². The fourth-order valence-corrected chi connectivity index (χ4v) is 3.66. The normalized spacial score (nSPS) is 15.4. The van der Waals surface area contributed by atoms with Crippen LogP contribution in [-0.2, 0) is 16.2 Å². The van der Waals surface area contributed by atoms with Crippen molar-refractivity contribution in [2.24, 2.45) is 0 Å². The number of amides is 2. The van der Waals surface area contributed by atoms with Gasteiger partial charge in [0, 0.05) is 15.6 Å². The van der Waals surface area contributed by atoms with Gasteiger partial charge in [0.25, 0.3) is 11.1 Å². The molecule has 2 amide bonds. The summed E-state index contributed by atoms with van der Waals surface area (Å²) in [7, 11) is 0. The van der Waals surface area contributed by atoms with Crippen molar-refractivity contribution in [2.75, 3.05) is 6.54 Å². The van der Waals surface area contributed by atoms with Crippen LogP contribution in [0.5, 0.6) is 5.75 Å². The molecule has 1 saturated heterocycles. The van der Waals surface area contributed by atoms with E-state index in [1.165, 1.54) is 12.1 Å². The maximum absolute atomic E-state index is 13.8. The fraction of sp³-hybridized carbons (Fsp3) is 0.105. The van der Waals surface area contributed by atoms with E-state index in [1.807, 2.05) is 0 Å². The van der Waals surface area contributed by atoms with Gasteiger partial charge in [0.15, 0.2) is 0 Å². The number of carboxylic acid groups (broad SMARTS) is 1. The van der Waals surface area contributed by atoms with Crippen LogP contribution in [-0.4, -0.2) is 33.7 Å². The van der Waals surface area contributed by atoms with Gasteiger partial charge in [0.2, 0.25) is 0 Å². The highest BCUT2D eigenvalue weighted by Crippen LogP contribution is 2.35. The number of aliphatic carboxylic acids is 1. The minimum absolute atomic E-state index is 0.0182. The van der Waals surface area contributed by atoms with Crippen LogP contribution in [0.4, 0.5) is 9.18 Å². The lowest BCUT2D eigenvalue weighted by Crippen LogP contribution is -2.33. The molecule has 144 valence electrons. The largest absolute Gasteiger partial charge is 0.488 e. The summed E-state index contributed by atoms with van der Waals surface area (Å²) in [6.45, 7) is -0.716. The smallest absolute Gasteiger partial charge is 0.323 e. The predicted octanol–water partition coefficient (Wildman–Crippen LogP) is 4.29. The average Bonchev–Trinajstić information content (AvgIpc) is 2.89. The molecule has 0 atom stereocenters. The number of carbonyl (C=O) groups excluding carboxylic acids is 2. The van der Waals surface area contributed by atoms with Gasteiger partial charge in [0.1, 0.15) is 24.7 Å².